The molecule has 0 amide bonds. The number of thiazole rings is 1. The Labute approximate surface area is 130 Å². The van der Waals surface area contributed by atoms with Crippen molar-refractivity contribution >= 4 is 33.2 Å². The fourth-order valence-electron chi connectivity index (χ4n) is 2.13. The van der Waals surface area contributed by atoms with Crippen molar-refractivity contribution in [2.75, 3.05) is 0 Å². The Morgan fingerprint density at radius 3 is 2.71 bits per heavy atom. The summed E-state index contributed by atoms with van der Waals surface area (Å²) < 4.78 is 0.929. The molecule has 0 aliphatic rings. The molecule has 0 fully saturated rings. The molecular weight excluding hydrogens is 308 g/mol. The van der Waals surface area contributed by atoms with Gasteiger partial charge in [0.1, 0.15) is 5.01 Å². The van der Waals surface area contributed by atoms with E-state index in [1.807, 2.05) is 18.2 Å². The first-order chi connectivity index (χ1) is 10.0. The smallest absolute Gasteiger partial charge is 0.157 e. The van der Waals surface area contributed by atoms with Gasteiger partial charge in [-0.3, -0.25) is 0 Å². The zero-order valence-electron chi connectivity index (χ0n) is 11.0. The van der Waals surface area contributed by atoms with Crippen molar-refractivity contribution in [1.29, 1.82) is 0 Å². The number of nitrogens with two attached hydrogens (primary N) is 1. The summed E-state index contributed by atoms with van der Waals surface area (Å²) in [5, 5.41) is 20.3. The molecule has 108 valence electrons. The van der Waals surface area contributed by atoms with Crippen LogP contribution in [0.4, 0.5) is 0 Å². The van der Waals surface area contributed by atoms with Gasteiger partial charge in [0.15, 0.2) is 11.5 Å². The first kappa shape index (κ1) is 14.1. The minimum Gasteiger partial charge on any atom is -0.504 e. The third-order valence-corrected chi connectivity index (χ3v) is 4.86. The van der Waals surface area contributed by atoms with Gasteiger partial charge < -0.3 is 15.9 Å². The largest absolute Gasteiger partial charge is 0.504 e. The SMILES string of the molecule is NC(Cc1ccc(O)c(O)c1)c1nc2cccc(Cl)c2s1. The van der Waals surface area contributed by atoms with Crippen molar-refractivity contribution in [2.24, 2.45) is 5.73 Å². The Bertz CT molecular complexity index is 803. The monoisotopic (exact) mass is 320 g/mol. The van der Waals surface area contributed by atoms with Gasteiger partial charge in [-0.25, -0.2) is 4.98 Å². The molecule has 0 saturated heterocycles. The third-order valence-electron chi connectivity index (χ3n) is 3.20. The highest BCUT2D eigenvalue weighted by Gasteiger charge is 2.15. The van der Waals surface area contributed by atoms with Gasteiger partial charge in [-0.2, -0.15) is 0 Å². The number of halogens is 1. The Hall–Kier alpha value is -1.82. The lowest BCUT2D eigenvalue weighted by molar-refractivity contribution is 0.403. The Kier molecular flexibility index (Phi) is 3.71. The van der Waals surface area contributed by atoms with Crippen LogP contribution in [0.15, 0.2) is 36.4 Å². The zero-order chi connectivity index (χ0) is 15.0. The summed E-state index contributed by atoms with van der Waals surface area (Å²) in [7, 11) is 0. The molecule has 0 radical (unpaired) electrons. The lowest BCUT2D eigenvalue weighted by atomic mass is 10.1. The van der Waals surface area contributed by atoms with E-state index in [-0.39, 0.29) is 17.5 Å². The number of benzene rings is 2. The van der Waals surface area contributed by atoms with E-state index in [1.165, 1.54) is 23.5 Å². The van der Waals surface area contributed by atoms with Gasteiger partial charge in [-0.05, 0) is 36.2 Å². The van der Waals surface area contributed by atoms with Gasteiger partial charge in [0.05, 0.1) is 21.3 Å². The maximum atomic E-state index is 9.51. The fraction of sp³-hybridized carbons (Fsp3) is 0.133. The molecule has 3 rings (SSSR count). The molecule has 0 bridgehead atoms. The van der Waals surface area contributed by atoms with Gasteiger partial charge in [-0.15, -0.1) is 11.3 Å². The van der Waals surface area contributed by atoms with Gasteiger partial charge in [0, 0.05) is 0 Å². The molecule has 0 saturated carbocycles. The van der Waals surface area contributed by atoms with E-state index >= 15 is 0 Å². The molecular formula is C15H13ClN2O2S. The van der Waals surface area contributed by atoms with Crippen molar-refractivity contribution < 1.29 is 10.2 Å². The van der Waals surface area contributed by atoms with E-state index < -0.39 is 0 Å². The minimum absolute atomic E-state index is 0.140. The fourth-order valence-corrected chi connectivity index (χ4v) is 3.39. The van der Waals surface area contributed by atoms with Crippen LogP contribution in [0.3, 0.4) is 0 Å². The van der Waals surface area contributed by atoms with Crippen molar-refractivity contribution in [2.45, 2.75) is 12.5 Å². The molecule has 4 N–H and O–H groups in total. The predicted molar refractivity (Wildman–Crippen MR) is 85.0 cm³/mol. The first-order valence-corrected chi connectivity index (χ1v) is 7.55. The van der Waals surface area contributed by atoms with Crippen LogP contribution in [0.2, 0.25) is 5.02 Å². The molecule has 1 unspecified atom stereocenters. The highest BCUT2D eigenvalue weighted by Crippen LogP contribution is 2.33. The van der Waals surface area contributed by atoms with Gasteiger partial charge >= 0.3 is 0 Å². The molecule has 4 nitrogen and oxygen atoms in total. The number of hydrogen-bond acceptors (Lipinski definition) is 5. The molecule has 0 spiro atoms. The summed E-state index contributed by atoms with van der Waals surface area (Å²) in [6, 6.07) is 9.99. The van der Waals surface area contributed by atoms with Crippen molar-refractivity contribution in [3.63, 3.8) is 0 Å². The van der Waals surface area contributed by atoms with Crippen molar-refractivity contribution in [3.05, 3.63) is 52.0 Å². The van der Waals surface area contributed by atoms with Crippen LogP contribution < -0.4 is 5.73 Å². The number of rotatable bonds is 3. The van der Waals surface area contributed by atoms with Crippen molar-refractivity contribution in [3.8, 4) is 11.5 Å². The number of hydrogen-bond donors (Lipinski definition) is 3. The number of phenols is 2. The summed E-state index contributed by atoms with van der Waals surface area (Å²) >= 11 is 7.62. The Morgan fingerprint density at radius 2 is 2.00 bits per heavy atom. The number of aromatic hydroxyl groups is 2. The highest BCUT2D eigenvalue weighted by molar-refractivity contribution is 7.19. The van der Waals surface area contributed by atoms with E-state index in [0.717, 1.165) is 20.8 Å². The number of phenolic OH excluding ortho intramolecular Hbond substituents is 2. The summed E-state index contributed by atoms with van der Waals surface area (Å²) in [5.41, 5.74) is 7.87. The average molecular weight is 321 g/mol. The second kappa shape index (κ2) is 5.52. The van der Waals surface area contributed by atoms with Gasteiger partial charge in [0.2, 0.25) is 0 Å². The summed E-state index contributed by atoms with van der Waals surface area (Å²) in [6.45, 7) is 0. The summed E-state index contributed by atoms with van der Waals surface area (Å²) in [5.74, 6) is -0.286. The van der Waals surface area contributed by atoms with Crippen LogP contribution in [-0.2, 0) is 6.42 Å². The highest BCUT2D eigenvalue weighted by atomic mass is 35.5. The third kappa shape index (κ3) is 2.81. The lowest BCUT2D eigenvalue weighted by Crippen LogP contribution is -2.12. The van der Waals surface area contributed by atoms with E-state index in [2.05, 4.69) is 4.98 Å². The lowest BCUT2D eigenvalue weighted by Gasteiger charge is -2.09. The topological polar surface area (TPSA) is 79.4 Å². The Balaban J connectivity index is 1.87. The molecule has 1 atom stereocenters. The maximum Gasteiger partial charge on any atom is 0.157 e. The molecule has 0 aliphatic carbocycles. The molecule has 2 aromatic carbocycles. The van der Waals surface area contributed by atoms with E-state index in [9.17, 15) is 10.2 Å². The average Bonchev–Trinajstić information content (AvgIpc) is 2.89. The second-order valence-corrected chi connectivity index (χ2v) is 6.21. The minimum atomic E-state index is -0.289. The molecule has 21 heavy (non-hydrogen) atoms. The number of fused-ring (bicyclic) bond motifs is 1. The van der Waals surface area contributed by atoms with E-state index in [0.29, 0.717) is 11.4 Å². The van der Waals surface area contributed by atoms with Gasteiger partial charge in [-0.1, -0.05) is 23.7 Å². The molecule has 3 aromatic rings. The van der Waals surface area contributed by atoms with Crippen LogP contribution in [0, 0.1) is 0 Å². The normalized spacial score (nSPS) is 12.7. The maximum absolute atomic E-state index is 9.51. The standard InChI is InChI=1S/C15H13ClN2O2S/c16-9-2-1-3-11-14(9)21-15(18-11)10(17)6-8-4-5-12(19)13(20)7-8/h1-5,7,10,19-20H,6,17H2. The number of nitrogens with zero attached hydrogens (tertiary/aromatic N) is 1. The predicted octanol–water partition coefficient (Wildman–Crippen LogP) is 3.60. The van der Waals surface area contributed by atoms with E-state index in [4.69, 9.17) is 17.3 Å². The van der Waals surface area contributed by atoms with Crippen LogP contribution >= 0.6 is 22.9 Å². The van der Waals surface area contributed by atoms with Crippen molar-refractivity contribution in [1.82, 2.24) is 4.98 Å². The zero-order valence-corrected chi connectivity index (χ0v) is 12.5. The van der Waals surface area contributed by atoms with Crippen LogP contribution in [0.5, 0.6) is 11.5 Å². The Morgan fingerprint density at radius 1 is 1.19 bits per heavy atom. The second-order valence-electron chi connectivity index (χ2n) is 4.77. The van der Waals surface area contributed by atoms with Gasteiger partial charge in [0.25, 0.3) is 0 Å². The molecule has 1 aromatic heterocycles. The number of aromatic nitrogens is 1. The molecule has 0 aliphatic heterocycles. The van der Waals surface area contributed by atoms with Crippen LogP contribution in [0.25, 0.3) is 10.2 Å². The molecule has 1 heterocycles. The van der Waals surface area contributed by atoms with Crippen LogP contribution in [-0.4, -0.2) is 15.2 Å². The quantitative estimate of drug-likeness (QED) is 0.644. The summed E-state index contributed by atoms with van der Waals surface area (Å²) in [6.07, 6.45) is 0.519. The van der Waals surface area contributed by atoms with E-state index in [1.54, 1.807) is 6.07 Å². The summed E-state index contributed by atoms with van der Waals surface area (Å²) in [4.78, 5) is 4.51. The van der Waals surface area contributed by atoms with Crippen LogP contribution in [0.1, 0.15) is 16.6 Å². The first-order valence-electron chi connectivity index (χ1n) is 6.36. The molecule has 6 heteroatoms.